The molecule has 0 saturated heterocycles. The Kier molecular flexibility index (Phi) is 3.13. The minimum atomic E-state index is -0.442. The summed E-state index contributed by atoms with van der Waals surface area (Å²) in [7, 11) is 1.48. The Morgan fingerprint density at radius 1 is 1.53 bits per heavy atom. The number of nitrogens with one attached hydrogen (secondary N) is 1. The van der Waals surface area contributed by atoms with Crippen LogP contribution < -0.4 is 15.8 Å². The fourth-order valence-electron chi connectivity index (χ4n) is 1.40. The predicted molar refractivity (Wildman–Crippen MR) is 61.2 cm³/mol. The number of anilines is 2. The number of aromatic nitrogens is 1. The van der Waals surface area contributed by atoms with Gasteiger partial charge in [0.05, 0.1) is 31.2 Å². The summed E-state index contributed by atoms with van der Waals surface area (Å²) in [6, 6.07) is 4.40. The fraction of sp³-hybridized carbons (Fsp3) is 0.182. The predicted octanol–water partition coefficient (Wildman–Crippen LogP) is 2.02. The summed E-state index contributed by atoms with van der Waals surface area (Å²) in [6.45, 7) is 0.337. The molecule has 6 heteroatoms. The highest BCUT2D eigenvalue weighted by molar-refractivity contribution is 5.62. The van der Waals surface area contributed by atoms with E-state index in [9.17, 15) is 4.39 Å². The largest absolute Gasteiger partial charge is 0.495 e. The van der Waals surface area contributed by atoms with Crippen molar-refractivity contribution in [2.24, 2.45) is 0 Å². The summed E-state index contributed by atoms with van der Waals surface area (Å²) in [6.07, 6.45) is 1.52. The third kappa shape index (κ3) is 2.47. The van der Waals surface area contributed by atoms with Gasteiger partial charge in [-0.1, -0.05) is 5.16 Å². The van der Waals surface area contributed by atoms with Crippen molar-refractivity contribution in [3.63, 3.8) is 0 Å². The van der Waals surface area contributed by atoms with E-state index in [4.69, 9.17) is 15.0 Å². The average molecular weight is 237 g/mol. The standard InChI is InChI=1S/C11H12FN3O2/c1-16-11-5-10(8(12)4-9(11)13)14-6-7-2-3-15-17-7/h2-5,14H,6,13H2,1H3. The lowest BCUT2D eigenvalue weighted by atomic mass is 10.2. The topological polar surface area (TPSA) is 73.3 Å². The molecule has 0 unspecified atom stereocenters. The third-order valence-electron chi connectivity index (χ3n) is 2.26. The Labute approximate surface area is 97.4 Å². The van der Waals surface area contributed by atoms with Crippen LogP contribution in [0.3, 0.4) is 0 Å². The van der Waals surface area contributed by atoms with Gasteiger partial charge in [0.2, 0.25) is 0 Å². The first-order valence-corrected chi connectivity index (χ1v) is 4.97. The highest BCUT2D eigenvalue weighted by atomic mass is 19.1. The van der Waals surface area contributed by atoms with Gasteiger partial charge in [-0.25, -0.2) is 4.39 Å². The van der Waals surface area contributed by atoms with Gasteiger partial charge in [0, 0.05) is 18.2 Å². The Bertz CT molecular complexity index is 500. The smallest absolute Gasteiger partial charge is 0.155 e. The van der Waals surface area contributed by atoms with Gasteiger partial charge in [0.1, 0.15) is 11.6 Å². The molecule has 2 rings (SSSR count). The second-order valence-electron chi connectivity index (χ2n) is 3.41. The molecule has 0 fully saturated rings. The van der Waals surface area contributed by atoms with E-state index in [1.165, 1.54) is 25.4 Å². The van der Waals surface area contributed by atoms with Crippen LogP contribution in [0.2, 0.25) is 0 Å². The third-order valence-corrected chi connectivity index (χ3v) is 2.26. The van der Waals surface area contributed by atoms with Crippen LogP contribution in [0.25, 0.3) is 0 Å². The Balaban J connectivity index is 2.15. The number of hydrogen-bond acceptors (Lipinski definition) is 5. The SMILES string of the molecule is COc1cc(NCc2ccno2)c(F)cc1N. The molecule has 1 aromatic heterocycles. The number of methoxy groups -OCH3 is 1. The summed E-state index contributed by atoms with van der Waals surface area (Å²) >= 11 is 0. The van der Waals surface area contributed by atoms with Crippen molar-refractivity contribution in [2.45, 2.75) is 6.54 Å². The minimum absolute atomic E-state index is 0.259. The van der Waals surface area contributed by atoms with Gasteiger partial charge in [-0.15, -0.1) is 0 Å². The Morgan fingerprint density at radius 2 is 2.35 bits per heavy atom. The van der Waals surface area contributed by atoms with E-state index in [0.717, 1.165) is 0 Å². The van der Waals surface area contributed by atoms with Gasteiger partial charge >= 0.3 is 0 Å². The van der Waals surface area contributed by atoms with Gasteiger partial charge in [-0.05, 0) is 0 Å². The van der Waals surface area contributed by atoms with Crippen molar-refractivity contribution in [3.8, 4) is 5.75 Å². The number of nitrogen functional groups attached to an aromatic ring is 1. The summed E-state index contributed by atoms with van der Waals surface area (Å²) in [5.74, 6) is 0.592. The van der Waals surface area contributed by atoms with E-state index in [1.54, 1.807) is 6.07 Å². The van der Waals surface area contributed by atoms with E-state index in [0.29, 0.717) is 23.7 Å². The van der Waals surface area contributed by atoms with Gasteiger partial charge in [-0.3, -0.25) is 0 Å². The zero-order chi connectivity index (χ0) is 12.3. The number of nitrogens with two attached hydrogens (primary N) is 1. The molecular weight excluding hydrogens is 225 g/mol. The summed E-state index contributed by atoms with van der Waals surface area (Å²) in [4.78, 5) is 0. The highest BCUT2D eigenvalue weighted by Gasteiger charge is 2.08. The summed E-state index contributed by atoms with van der Waals surface area (Å²) < 4.78 is 23.4. The van der Waals surface area contributed by atoms with E-state index in [1.807, 2.05) is 0 Å². The van der Waals surface area contributed by atoms with Crippen LogP contribution in [0, 0.1) is 5.82 Å². The van der Waals surface area contributed by atoms with Crippen LogP contribution in [0.4, 0.5) is 15.8 Å². The van der Waals surface area contributed by atoms with E-state index < -0.39 is 5.82 Å². The second-order valence-corrected chi connectivity index (χ2v) is 3.41. The van der Waals surface area contributed by atoms with Crippen LogP contribution in [0.5, 0.6) is 5.75 Å². The first-order chi connectivity index (χ1) is 8.20. The monoisotopic (exact) mass is 237 g/mol. The quantitative estimate of drug-likeness (QED) is 0.796. The number of hydrogen-bond donors (Lipinski definition) is 2. The van der Waals surface area contributed by atoms with Gasteiger partial charge in [0.25, 0.3) is 0 Å². The van der Waals surface area contributed by atoms with Crippen molar-refractivity contribution in [2.75, 3.05) is 18.2 Å². The van der Waals surface area contributed by atoms with E-state index in [-0.39, 0.29) is 5.69 Å². The molecule has 0 saturated carbocycles. The molecule has 0 aliphatic rings. The molecule has 0 spiro atoms. The first-order valence-electron chi connectivity index (χ1n) is 4.97. The molecule has 0 aliphatic heterocycles. The molecular formula is C11H12FN3O2. The second kappa shape index (κ2) is 4.73. The number of halogens is 1. The summed E-state index contributed by atoms with van der Waals surface area (Å²) in [5, 5.41) is 6.42. The lowest BCUT2D eigenvalue weighted by molar-refractivity contribution is 0.387. The molecule has 1 aromatic carbocycles. The molecule has 2 aromatic rings. The molecule has 0 atom stereocenters. The molecule has 90 valence electrons. The van der Waals surface area contributed by atoms with Crippen LogP contribution in [0.15, 0.2) is 28.9 Å². The molecule has 0 amide bonds. The van der Waals surface area contributed by atoms with Gasteiger partial charge in [-0.2, -0.15) is 0 Å². The Morgan fingerprint density at radius 3 is 3.00 bits per heavy atom. The van der Waals surface area contributed by atoms with Crippen molar-refractivity contribution in [1.82, 2.24) is 5.16 Å². The minimum Gasteiger partial charge on any atom is -0.495 e. The lowest BCUT2D eigenvalue weighted by Crippen LogP contribution is -2.02. The molecule has 0 aliphatic carbocycles. The maximum Gasteiger partial charge on any atom is 0.155 e. The number of ether oxygens (including phenoxy) is 1. The zero-order valence-corrected chi connectivity index (χ0v) is 9.24. The van der Waals surface area contributed by atoms with Crippen LogP contribution in [-0.4, -0.2) is 12.3 Å². The zero-order valence-electron chi connectivity index (χ0n) is 9.24. The van der Waals surface area contributed by atoms with Gasteiger partial charge in [0.15, 0.2) is 5.76 Å². The molecule has 0 bridgehead atoms. The van der Waals surface area contributed by atoms with E-state index in [2.05, 4.69) is 10.5 Å². The number of nitrogens with zero attached hydrogens (tertiary/aromatic N) is 1. The maximum atomic E-state index is 13.6. The van der Waals surface area contributed by atoms with Crippen molar-refractivity contribution in [1.29, 1.82) is 0 Å². The normalized spacial score (nSPS) is 10.2. The summed E-state index contributed by atoms with van der Waals surface area (Å²) in [5.41, 5.74) is 6.13. The van der Waals surface area contributed by atoms with Crippen LogP contribution in [-0.2, 0) is 6.54 Å². The van der Waals surface area contributed by atoms with Crippen LogP contribution in [0.1, 0.15) is 5.76 Å². The van der Waals surface area contributed by atoms with E-state index >= 15 is 0 Å². The Hall–Kier alpha value is -2.24. The van der Waals surface area contributed by atoms with Crippen LogP contribution >= 0.6 is 0 Å². The molecule has 5 nitrogen and oxygen atoms in total. The fourth-order valence-corrected chi connectivity index (χ4v) is 1.40. The lowest BCUT2D eigenvalue weighted by Gasteiger charge is -2.10. The van der Waals surface area contributed by atoms with Crippen molar-refractivity contribution < 1.29 is 13.7 Å². The highest BCUT2D eigenvalue weighted by Crippen LogP contribution is 2.28. The molecule has 0 radical (unpaired) electrons. The van der Waals surface area contributed by atoms with Crippen molar-refractivity contribution >= 4 is 11.4 Å². The maximum absolute atomic E-state index is 13.6. The number of benzene rings is 1. The molecule has 17 heavy (non-hydrogen) atoms. The van der Waals surface area contributed by atoms with Gasteiger partial charge < -0.3 is 20.3 Å². The number of rotatable bonds is 4. The first kappa shape index (κ1) is 11.3. The molecule has 3 N–H and O–H groups in total. The average Bonchev–Trinajstić information content (AvgIpc) is 2.81. The van der Waals surface area contributed by atoms with Crippen molar-refractivity contribution in [3.05, 3.63) is 36.0 Å². The molecule has 1 heterocycles.